The summed E-state index contributed by atoms with van der Waals surface area (Å²) in [5.74, 6) is -1.12. The summed E-state index contributed by atoms with van der Waals surface area (Å²) in [5, 5.41) is 0. The van der Waals surface area contributed by atoms with Crippen LogP contribution >= 0.6 is 0 Å². The van der Waals surface area contributed by atoms with Gasteiger partial charge < -0.3 is 9.47 Å². The average molecular weight is 357 g/mol. The van der Waals surface area contributed by atoms with Crippen LogP contribution in [0.4, 0.5) is 8.78 Å². The highest BCUT2D eigenvalue weighted by atomic mass is 32.2. The van der Waals surface area contributed by atoms with E-state index in [1.54, 1.807) is 12.1 Å². The quantitative estimate of drug-likeness (QED) is 0.738. The Balaban J connectivity index is 1.88. The Morgan fingerprint density at radius 3 is 2.38 bits per heavy atom. The molecule has 0 fully saturated rings. The highest BCUT2D eigenvalue weighted by Gasteiger charge is 2.13. The van der Waals surface area contributed by atoms with E-state index in [1.165, 1.54) is 12.1 Å². The summed E-state index contributed by atoms with van der Waals surface area (Å²) in [5.41, 5.74) is 0. The van der Waals surface area contributed by atoms with E-state index in [0.717, 1.165) is 12.1 Å². The van der Waals surface area contributed by atoms with Crippen LogP contribution in [-0.4, -0.2) is 28.2 Å². The van der Waals surface area contributed by atoms with Crippen LogP contribution in [0.2, 0.25) is 0 Å². The molecule has 0 amide bonds. The van der Waals surface area contributed by atoms with Gasteiger partial charge in [0.2, 0.25) is 10.0 Å². The lowest BCUT2D eigenvalue weighted by molar-refractivity contribution is 0.305. The van der Waals surface area contributed by atoms with Crippen LogP contribution in [0, 0.1) is 11.6 Å². The van der Waals surface area contributed by atoms with Gasteiger partial charge in [0.1, 0.15) is 18.2 Å². The fraction of sp³-hybridized carbons (Fsp3) is 0.250. The van der Waals surface area contributed by atoms with Crippen LogP contribution in [0.25, 0.3) is 0 Å². The molecule has 0 aromatic heterocycles. The van der Waals surface area contributed by atoms with Gasteiger partial charge in [0.25, 0.3) is 0 Å². The molecule has 1 N–H and O–H groups in total. The van der Waals surface area contributed by atoms with Crippen LogP contribution in [0.1, 0.15) is 6.92 Å². The monoisotopic (exact) mass is 357 g/mol. The van der Waals surface area contributed by atoms with Gasteiger partial charge in [-0.2, -0.15) is 0 Å². The van der Waals surface area contributed by atoms with E-state index in [-0.39, 0.29) is 23.8 Å². The van der Waals surface area contributed by atoms with E-state index in [4.69, 9.17) is 9.47 Å². The van der Waals surface area contributed by atoms with Crippen molar-refractivity contribution >= 4 is 10.0 Å². The van der Waals surface area contributed by atoms with Gasteiger partial charge in [0.15, 0.2) is 11.6 Å². The first-order valence-electron chi connectivity index (χ1n) is 7.23. The SMILES string of the molecule is CCOc1ccc(S(=O)(=O)NCCOc2ccc(F)cc2F)cc1. The smallest absolute Gasteiger partial charge is 0.240 e. The Labute approximate surface area is 139 Å². The van der Waals surface area contributed by atoms with Crippen molar-refractivity contribution in [2.75, 3.05) is 19.8 Å². The van der Waals surface area contributed by atoms with Crippen molar-refractivity contribution in [3.05, 3.63) is 54.1 Å². The Morgan fingerprint density at radius 1 is 1.04 bits per heavy atom. The number of benzene rings is 2. The maximum Gasteiger partial charge on any atom is 0.240 e. The minimum Gasteiger partial charge on any atom is -0.494 e. The zero-order chi connectivity index (χ0) is 17.6. The molecule has 0 spiro atoms. The fourth-order valence-corrected chi connectivity index (χ4v) is 2.91. The number of rotatable bonds is 8. The summed E-state index contributed by atoms with van der Waals surface area (Å²) in [6.45, 7) is 2.16. The molecule has 2 aromatic rings. The second-order valence-electron chi connectivity index (χ2n) is 4.73. The number of ether oxygens (including phenoxy) is 2. The van der Waals surface area contributed by atoms with Crippen LogP contribution in [0.15, 0.2) is 47.4 Å². The Kier molecular flexibility index (Phi) is 6.10. The third kappa shape index (κ3) is 4.90. The van der Waals surface area contributed by atoms with E-state index in [0.29, 0.717) is 18.4 Å². The summed E-state index contributed by atoms with van der Waals surface area (Å²) in [6.07, 6.45) is 0. The molecule has 24 heavy (non-hydrogen) atoms. The first-order valence-corrected chi connectivity index (χ1v) is 8.71. The number of hydrogen-bond donors (Lipinski definition) is 1. The molecular weight excluding hydrogens is 340 g/mol. The highest BCUT2D eigenvalue weighted by Crippen LogP contribution is 2.18. The predicted octanol–water partition coefficient (Wildman–Crippen LogP) is 2.72. The molecule has 5 nitrogen and oxygen atoms in total. The lowest BCUT2D eigenvalue weighted by Crippen LogP contribution is -2.28. The van der Waals surface area contributed by atoms with Crippen LogP contribution in [0.3, 0.4) is 0 Å². The predicted molar refractivity (Wildman–Crippen MR) is 84.7 cm³/mol. The molecule has 0 saturated carbocycles. The highest BCUT2D eigenvalue weighted by molar-refractivity contribution is 7.89. The third-order valence-electron chi connectivity index (χ3n) is 2.99. The van der Waals surface area contributed by atoms with E-state index in [9.17, 15) is 17.2 Å². The number of sulfonamides is 1. The van der Waals surface area contributed by atoms with Crippen molar-refractivity contribution in [1.82, 2.24) is 4.72 Å². The molecule has 0 atom stereocenters. The lowest BCUT2D eigenvalue weighted by atomic mass is 10.3. The number of nitrogens with one attached hydrogen (secondary N) is 1. The van der Waals surface area contributed by atoms with E-state index < -0.39 is 21.7 Å². The molecule has 2 rings (SSSR count). The molecule has 0 radical (unpaired) electrons. The first kappa shape index (κ1) is 18.2. The van der Waals surface area contributed by atoms with Crippen LogP contribution in [-0.2, 0) is 10.0 Å². The van der Waals surface area contributed by atoms with Gasteiger partial charge in [-0.1, -0.05) is 0 Å². The maximum absolute atomic E-state index is 13.4. The van der Waals surface area contributed by atoms with Gasteiger partial charge in [-0.05, 0) is 43.3 Å². The maximum atomic E-state index is 13.4. The standard InChI is InChI=1S/C16H17F2NO4S/c1-2-22-13-4-6-14(7-5-13)24(20,21)19-9-10-23-16-8-3-12(17)11-15(16)18/h3-8,11,19H,2,9-10H2,1H3. The van der Waals surface area contributed by atoms with Crippen LogP contribution < -0.4 is 14.2 Å². The molecule has 2 aromatic carbocycles. The minimum atomic E-state index is -3.70. The summed E-state index contributed by atoms with van der Waals surface area (Å²) >= 11 is 0. The third-order valence-corrected chi connectivity index (χ3v) is 4.47. The van der Waals surface area contributed by atoms with Crippen LogP contribution in [0.5, 0.6) is 11.5 Å². The summed E-state index contributed by atoms with van der Waals surface area (Å²) in [7, 11) is -3.70. The average Bonchev–Trinajstić information content (AvgIpc) is 2.54. The Bertz CT molecular complexity index is 779. The minimum absolute atomic E-state index is 0.0631. The lowest BCUT2D eigenvalue weighted by Gasteiger charge is -2.10. The number of halogens is 2. The molecule has 0 aliphatic carbocycles. The molecule has 0 heterocycles. The van der Waals surface area contributed by atoms with Gasteiger partial charge in [0.05, 0.1) is 11.5 Å². The molecule has 0 saturated heterocycles. The summed E-state index contributed by atoms with van der Waals surface area (Å²) in [6, 6.07) is 8.86. The van der Waals surface area contributed by atoms with E-state index in [2.05, 4.69) is 4.72 Å². The molecular formula is C16H17F2NO4S. The largest absolute Gasteiger partial charge is 0.494 e. The Morgan fingerprint density at radius 2 is 1.75 bits per heavy atom. The zero-order valence-electron chi connectivity index (χ0n) is 13.0. The molecule has 0 bridgehead atoms. The zero-order valence-corrected chi connectivity index (χ0v) is 13.8. The van der Waals surface area contributed by atoms with Crippen molar-refractivity contribution in [1.29, 1.82) is 0 Å². The van der Waals surface area contributed by atoms with Gasteiger partial charge in [-0.25, -0.2) is 21.9 Å². The van der Waals surface area contributed by atoms with E-state index in [1.807, 2.05) is 6.92 Å². The van der Waals surface area contributed by atoms with Gasteiger partial charge >= 0.3 is 0 Å². The second-order valence-corrected chi connectivity index (χ2v) is 6.49. The molecule has 0 unspecified atom stereocenters. The molecule has 0 aliphatic heterocycles. The fourth-order valence-electron chi connectivity index (χ4n) is 1.89. The Hall–Kier alpha value is -2.19. The van der Waals surface area contributed by atoms with Crippen molar-refractivity contribution < 1.29 is 26.7 Å². The second kappa shape index (κ2) is 8.07. The first-order chi connectivity index (χ1) is 11.4. The van der Waals surface area contributed by atoms with Gasteiger partial charge in [0, 0.05) is 12.6 Å². The topological polar surface area (TPSA) is 64.6 Å². The summed E-state index contributed by atoms with van der Waals surface area (Å²) < 4.78 is 63.0. The number of hydrogen-bond acceptors (Lipinski definition) is 4. The van der Waals surface area contributed by atoms with Crippen molar-refractivity contribution in [3.8, 4) is 11.5 Å². The van der Waals surface area contributed by atoms with Gasteiger partial charge in [-0.15, -0.1) is 0 Å². The summed E-state index contributed by atoms with van der Waals surface area (Å²) in [4.78, 5) is 0.0823. The van der Waals surface area contributed by atoms with Crippen molar-refractivity contribution in [2.24, 2.45) is 0 Å². The van der Waals surface area contributed by atoms with Crippen molar-refractivity contribution in [3.63, 3.8) is 0 Å². The molecule has 130 valence electrons. The molecule has 0 aliphatic rings. The van der Waals surface area contributed by atoms with E-state index >= 15 is 0 Å². The normalized spacial score (nSPS) is 11.3. The van der Waals surface area contributed by atoms with Crippen molar-refractivity contribution in [2.45, 2.75) is 11.8 Å². The van der Waals surface area contributed by atoms with Gasteiger partial charge in [-0.3, -0.25) is 0 Å². The molecule has 8 heteroatoms.